The van der Waals surface area contributed by atoms with E-state index in [1.807, 2.05) is 0 Å². The average Bonchev–Trinajstić information content (AvgIpc) is 1.25. The molecule has 1 N–H and O–H groups in total. The van der Waals surface area contributed by atoms with Crippen LogP contribution in [0.4, 0.5) is 0 Å². The van der Waals surface area contributed by atoms with Crippen LogP contribution in [0, 0.1) is 0 Å². The van der Waals surface area contributed by atoms with Crippen molar-refractivity contribution < 1.29 is 87.0 Å². The zero-order valence-corrected chi connectivity index (χ0v) is 12.7. The van der Waals surface area contributed by atoms with E-state index in [1.165, 1.54) is 13.8 Å². The third-order valence-corrected chi connectivity index (χ3v) is 0. The zero-order chi connectivity index (χ0) is 7.15. The number of rotatable bonds is 0. The summed E-state index contributed by atoms with van der Waals surface area (Å²) in [7, 11) is 0. The van der Waals surface area contributed by atoms with E-state index in [2.05, 4.69) is 0 Å². The molecule has 1 unspecified atom stereocenters. The van der Waals surface area contributed by atoms with Crippen LogP contribution in [0.15, 0.2) is 0 Å². The van der Waals surface area contributed by atoms with Crippen LogP contribution >= 0.6 is 0 Å². The fraction of sp³-hybridized carbons (Fsp3) is 0.667. The Balaban J connectivity index is -0.0000000720. The van der Waals surface area contributed by atoms with Crippen LogP contribution in [0.2, 0.25) is 0 Å². The van der Waals surface area contributed by atoms with E-state index in [-0.39, 0.29) is 74.7 Å². The first kappa shape index (κ1) is 17.0. The summed E-state index contributed by atoms with van der Waals surface area (Å²) in [5, 5.41) is 0. The number of carbonyl (C=O) groups excluding carboxylic acids is 1. The molecule has 0 aliphatic rings. The average molecular weight is 272 g/mol. The maximum absolute atomic E-state index is 9.44. The van der Waals surface area contributed by atoms with Gasteiger partial charge in [0.2, 0.25) is 0 Å². The molecular formula is C3H7CsO4S. The Labute approximate surface area is 115 Å². The van der Waals surface area contributed by atoms with Gasteiger partial charge in [-0.2, -0.15) is 0 Å². The summed E-state index contributed by atoms with van der Waals surface area (Å²) < 4.78 is 24.1. The molecule has 0 aliphatic heterocycles. The predicted octanol–water partition coefficient (Wildman–Crippen LogP) is -3.06. The largest absolute Gasteiger partial charge is 1.00 e. The molecule has 6 heteroatoms. The Morgan fingerprint density at radius 3 is 1.56 bits per heavy atom. The molecule has 0 spiro atoms. The molecule has 0 aliphatic carbocycles. The first-order valence-corrected chi connectivity index (χ1v) is 2.75. The second kappa shape index (κ2) is 12.5. The minimum absolute atomic E-state index is 0. The van der Waals surface area contributed by atoms with Gasteiger partial charge in [0, 0.05) is 0 Å². The maximum atomic E-state index is 9.44. The first-order valence-electron chi connectivity index (χ1n) is 1.72. The SMILES string of the molecule is CC(C)=O.O=S([O-])O.[Cs+]. The van der Waals surface area contributed by atoms with Crippen molar-refractivity contribution >= 4 is 17.1 Å². The van der Waals surface area contributed by atoms with E-state index in [0.717, 1.165) is 0 Å². The molecule has 0 heterocycles. The quantitative estimate of drug-likeness (QED) is 0.475. The summed E-state index contributed by atoms with van der Waals surface area (Å²) in [6.45, 7) is 3.06. The van der Waals surface area contributed by atoms with E-state index in [1.54, 1.807) is 0 Å². The van der Waals surface area contributed by atoms with Gasteiger partial charge in [-0.1, -0.05) is 0 Å². The van der Waals surface area contributed by atoms with Gasteiger partial charge in [-0.25, -0.2) is 4.21 Å². The van der Waals surface area contributed by atoms with Crippen molar-refractivity contribution in [3.8, 4) is 0 Å². The molecular weight excluding hydrogens is 265 g/mol. The second-order valence-electron chi connectivity index (χ2n) is 1.13. The summed E-state index contributed by atoms with van der Waals surface area (Å²) in [4.78, 5) is 9.44. The van der Waals surface area contributed by atoms with Gasteiger partial charge >= 0.3 is 68.9 Å². The monoisotopic (exact) mass is 272 g/mol. The van der Waals surface area contributed by atoms with E-state index in [0.29, 0.717) is 0 Å². The number of ketones is 1. The minimum Gasteiger partial charge on any atom is -0.750 e. The molecule has 0 radical (unpaired) electrons. The van der Waals surface area contributed by atoms with Gasteiger partial charge in [-0.3, -0.25) is 0 Å². The van der Waals surface area contributed by atoms with Crippen LogP contribution in [-0.4, -0.2) is 19.1 Å². The Hall–Kier alpha value is 1.79. The fourth-order valence-electron chi connectivity index (χ4n) is 0. The molecule has 0 saturated heterocycles. The van der Waals surface area contributed by atoms with Crippen molar-refractivity contribution in [3.05, 3.63) is 0 Å². The summed E-state index contributed by atoms with van der Waals surface area (Å²) in [6.07, 6.45) is 0. The van der Waals surface area contributed by atoms with Gasteiger partial charge in [0.25, 0.3) is 0 Å². The van der Waals surface area contributed by atoms with Gasteiger partial charge < -0.3 is 13.9 Å². The van der Waals surface area contributed by atoms with Crippen LogP contribution in [0.25, 0.3) is 0 Å². The Morgan fingerprint density at radius 1 is 1.56 bits per heavy atom. The third-order valence-electron chi connectivity index (χ3n) is 0. The topological polar surface area (TPSA) is 77.4 Å². The summed E-state index contributed by atoms with van der Waals surface area (Å²) in [6, 6.07) is 0. The maximum Gasteiger partial charge on any atom is 1.00 e. The molecule has 4 nitrogen and oxygen atoms in total. The number of hydrogen-bond donors (Lipinski definition) is 1. The molecule has 50 valence electrons. The Morgan fingerprint density at radius 2 is 1.56 bits per heavy atom. The fourth-order valence-corrected chi connectivity index (χ4v) is 0. The van der Waals surface area contributed by atoms with Crippen molar-refractivity contribution in [2.45, 2.75) is 13.8 Å². The van der Waals surface area contributed by atoms with E-state index in [4.69, 9.17) is 13.3 Å². The number of Topliss-reactive ketones (excluding diaryl/α,β-unsaturated/α-hetero) is 1. The van der Waals surface area contributed by atoms with Gasteiger partial charge in [0.15, 0.2) is 0 Å². The van der Waals surface area contributed by atoms with Crippen LogP contribution in [-0.2, 0) is 16.2 Å². The number of carbonyl (C=O) groups is 1. The third kappa shape index (κ3) is 185. The predicted molar refractivity (Wildman–Crippen MR) is 27.9 cm³/mol. The number of hydrogen-bond acceptors (Lipinski definition) is 3. The van der Waals surface area contributed by atoms with Gasteiger partial charge in [-0.05, 0) is 13.8 Å². The second-order valence-corrected chi connectivity index (χ2v) is 1.56. The van der Waals surface area contributed by atoms with Crippen LogP contribution < -0.4 is 68.9 Å². The van der Waals surface area contributed by atoms with Crippen molar-refractivity contribution in [3.63, 3.8) is 0 Å². The molecule has 0 bridgehead atoms. The Bertz CT molecular complexity index is 73.8. The van der Waals surface area contributed by atoms with Gasteiger partial charge in [-0.15, -0.1) is 0 Å². The van der Waals surface area contributed by atoms with E-state index >= 15 is 0 Å². The minimum atomic E-state index is -2.86. The van der Waals surface area contributed by atoms with Crippen LogP contribution in [0.5, 0.6) is 0 Å². The first-order chi connectivity index (χ1) is 3.46. The molecule has 0 fully saturated rings. The van der Waals surface area contributed by atoms with Crippen molar-refractivity contribution in [1.82, 2.24) is 0 Å². The molecule has 0 rings (SSSR count). The molecule has 0 aromatic carbocycles. The Kier molecular flexibility index (Phi) is 23.6. The van der Waals surface area contributed by atoms with Crippen LogP contribution in [0.3, 0.4) is 0 Å². The van der Waals surface area contributed by atoms with Gasteiger partial charge in [0.05, 0.1) is 11.4 Å². The standard InChI is InChI=1S/C3H6O.Cs.H2O3S/c1-3(2)4;;1-4(2)3/h1-2H3;;(H2,1,2,3)/q;+1;/p-1. The molecule has 1 atom stereocenters. The van der Waals surface area contributed by atoms with Crippen LogP contribution in [0.1, 0.15) is 13.8 Å². The van der Waals surface area contributed by atoms with Crippen molar-refractivity contribution in [2.75, 3.05) is 0 Å². The van der Waals surface area contributed by atoms with Crippen molar-refractivity contribution in [1.29, 1.82) is 0 Å². The molecule has 0 aromatic heterocycles. The molecule has 0 amide bonds. The summed E-state index contributed by atoms with van der Waals surface area (Å²) >= 11 is -2.86. The molecule has 0 aromatic rings. The summed E-state index contributed by atoms with van der Waals surface area (Å²) in [5.74, 6) is 0.167. The molecule has 9 heavy (non-hydrogen) atoms. The smallest absolute Gasteiger partial charge is 0.750 e. The van der Waals surface area contributed by atoms with E-state index < -0.39 is 11.4 Å². The van der Waals surface area contributed by atoms with Gasteiger partial charge in [0.1, 0.15) is 5.78 Å². The molecule has 0 saturated carbocycles. The van der Waals surface area contributed by atoms with Crippen molar-refractivity contribution in [2.24, 2.45) is 0 Å². The summed E-state index contributed by atoms with van der Waals surface area (Å²) in [5.41, 5.74) is 0. The zero-order valence-electron chi connectivity index (χ0n) is 5.58. The van der Waals surface area contributed by atoms with E-state index in [9.17, 15) is 4.79 Å². The normalized spacial score (nSPS) is 9.78.